The molecule has 0 aliphatic heterocycles. The molecule has 0 saturated carbocycles. The minimum absolute atomic E-state index is 0.274. The molecule has 0 bridgehead atoms. The van der Waals surface area contributed by atoms with E-state index in [1.165, 1.54) is 0 Å². The zero-order chi connectivity index (χ0) is 16.8. The molecule has 0 saturated heterocycles. The summed E-state index contributed by atoms with van der Waals surface area (Å²) in [5, 5.41) is 8.50. The molecule has 0 atom stereocenters. The van der Waals surface area contributed by atoms with E-state index in [2.05, 4.69) is 36.1 Å². The summed E-state index contributed by atoms with van der Waals surface area (Å²) in [4.78, 5) is 8.23. The number of nitrogens with two attached hydrogens (primary N) is 1. The molecule has 2 aromatic heterocycles. The van der Waals surface area contributed by atoms with Crippen molar-refractivity contribution < 1.29 is 0 Å². The number of imidazole rings is 1. The van der Waals surface area contributed by atoms with Gasteiger partial charge in [-0.15, -0.1) is 5.10 Å². The van der Waals surface area contributed by atoms with Gasteiger partial charge in [-0.3, -0.25) is 4.98 Å². The van der Waals surface area contributed by atoms with Crippen molar-refractivity contribution in [2.45, 2.75) is 6.54 Å². The lowest BCUT2D eigenvalue weighted by molar-refractivity contribution is 0.846. The summed E-state index contributed by atoms with van der Waals surface area (Å²) in [5.74, 6) is 0.274. The van der Waals surface area contributed by atoms with Crippen LogP contribution in [0.2, 0.25) is 0 Å². The SMILES string of the molecule is N/C(=N\N=C(/Cn1ccnc1)c1ccc(Br)cc1)c1ccccn1. The topological polar surface area (TPSA) is 81.5 Å². The van der Waals surface area contributed by atoms with Crippen molar-refractivity contribution in [3.05, 3.63) is 83.1 Å². The van der Waals surface area contributed by atoms with Gasteiger partial charge >= 0.3 is 0 Å². The Morgan fingerprint density at radius 3 is 2.58 bits per heavy atom. The van der Waals surface area contributed by atoms with Gasteiger partial charge in [0, 0.05) is 23.1 Å². The molecule has 0 amide bonds. The van der Waals surface area contributed by atoms with E-state index in [9.17, 15) is 0 Å². The maximum Gasteiger partial charge on any atom is 0.171 e. The third-order valence-corrected chi connectivity index (χ3v) is 3.80. The van der Waals surface area contributed by atoms with Crippen LogP contribution in [0.15, 0.2) is 82.1 Å². The third kappa shape index (κ3) is 4.14. The Balaban J connectivity index is 1.92. The van der Waals surface area contributed by atoms with E-state index in [0.717, 1.165) is 15.7 Å². The number of benzene rings is 1. The van der Waals surface area contributed by atoms with E-state index < -0.39 is 0 Å². The Labute approximate surface area is 147 Å². The van der Waals surface area contributed by atoms with Crippen molar-refractivity contribution in [3.8, 4) is 0 Å². The minimum atomic E-state index is 0.274. The maximum atomic E-state index is 5.97. The molecule has 6 nitrogen and oxygen atoms in total. The summed E-state index contributed by atoms with van der Waals surface area (Å²) < 4.78 is 2.93. The predicted molar refractivity (Wildman–Crippen MR) is 97.9 cm³/mol. The van der Waals surface area contributed by atoms with Crippen molar-refractivity contribution in [2.75, 3.05) is 0 Å². The van der Waals surface area contributed by atoms with Crippen molar-refractivity contribution in [1.29, 1.82) is 0 Å². The van der Waals surface area contributed by atoms with Gasteiger partial charge in [0.25, 0.3) is 0 Å². The van der Waals surface area contributed by atoms with Crippen LogP contribution in [0, 0.1) is 0 Å². The smallest absolute Gasteiger partial charge is 0.171 e. The minimum Gasteiger partial charge on any atom is -0.380 e. The number of hydrogen-bond donors (Lipinski definition) is 1. The summed E-state index contributed by atoms with van der Waals surface area (Å²) in [5.41, 5.74) is 8.31. The van der Waals surface area contributed by atoms with Crippen LogP contribution in [0.1, 0.15) is 11.3 Å². The molecule has 0 fully saturated rings. The van der Waals surface area contributed by atoms with Crippen molar-refractivity contribution in [3.63, 3.8) is 0 Å². The van der Waals surface area contributed by atoms with E-state index in [4.69, 9.17) is 5.73 Å². The molecule has 24 heavy (non-hydrogen) atoms. The van der Waals surface area contributed by atoms with Gasteiger partial charge in [-0.2, -0.15) is 5.10 Å². The zero-order valence-electron chi connectivity index (χ0n) is 12.7. The third-order valence-electron chi connectivity index (χ3n) is 3.27. The van der Waals surface area contributed by atoms with Gasteiger partial charge in [-0.1, -0.05) is 34.1 Å². The van der Waals surface area contributed by atoms with Crippen LogP contribution in [-0.4, -0.2) is 26.1 Å². The lowest BCUT2D eigenvalue weighted by atomic mass is 10.1. The summed E-state index contributed by atoms with van der Waals surface area (Å²) in [6.07, 6.45) is 7.01. The molecular formula is C17H15BrN6. The molecule has 7 heteroatoms. The largest absolute Gasteiger partial charge is 0.380 e. The summed E-state index contributed by atoms with van der Waals surface area (Å²) in [7, 11) is 0. The second-order valence-corrected chi connectivity index (χ2v) is 5.90. The molecular weight excluding hydrogens is 368 g/mol. The van der Waals surface area contributed by atoms with Crippen LogP contribution in [0.25, 0.3) is 0 Å². The molecule has 0 aliphatic rings. The molecule has 0 spiro atoms. The first-order valence-corrected chi connectivity index (χ1v) is 8.05. The van der Waals surface area contributed by atoms with Gasteiger partial charge in [0.1, 0.15) is 5.69 Å². The Morgan fingerprint density at radius 1 is 1.08 bits per heavy atom. The van der Waals surface area contributed by atoms with E-state index >= 15 is 0 Å². The molecule has 2 heterocycles. The lowest BCUT2D eigenvalue weighted by Crippen LogP contribution is -2.15. The summed E-state index contributed by atoms with van der Waals surface area (Å²) >= 11 is 3.44. The highest BCUT2D eigenvalue weighted by Crippen LogP contribution is 2.12. The Kier molecular flexibility index (Phi) is 5.12. The van der Waals surface area contributed by atoms with Crippen LogP contribution in [0.5, 0.6) is 0 Å². The molecule has 0 aliphatic carbocycles. The molecule has 3 rings (SSSR count). The normalized spacial score (nSPS) is 12.4. The fourth-order valence-corrected chi connectivity index (χ4v) is 2.32. The standard InChI is InChI=1S/C17H15BrN6/c18-14-6-4-13(5-7-14)16(11-24-10-9-20-12-24)22-23-17(19)15-3-1-2-8-21-15/h1-10,12H,11H2,(H2,19,23)/b22-16+. The maximum absolute atomic E-state index is 5.97. The van der Waals surface area contributed by atoms with E-state index in [1.54, 1.807) is 24.8 Å². The highest BCUT2D eigenvalue weighted by Gasteiger charge is 2.06. The first-order chi connectivity index (χ1) is 11.7. The van der Waals surface area contributed by atoms with Gasteiger partial charge in [-0.05, 0) is 29.8 Å². The van der Waals surface area contributed by atoms with Gasteiger partial charge in [0.2, 0.25) is 0 Å². The molecule has 0 unspecified atom stereocenters. The van der Waals surface area contributed by atoms with Crippen LogP contribution in [0.3, 0.4) is 0 Å². The highest BCUT2D eigenvalue weighted by molar-refractivity contribution is 9.10. The van der Waals surface area contributed by atoms with Gasteiger partial charge in [0.15, 0.2) is 5.84 Å². The molecule has 3 aromatic rings. The van der Waals surface area contributed by atoms with Crippen LogP contribution in [-0.2, 0) is 6.54 Å². The van der Waals surface area contributed by atoms with E-state index in [0.29, 0.717) is 12.2 Å². The number of rotatable bonds is 5. The zero-order valence-corrected chi connectivity index (χ0v) is 14.3. The second-order valence-electron chi connectivity index (χ2n) is 4.99. The lowest BCUT2D eigenvalue weighted by Gasteiger charge is -2.07. The van der Waals surface area contributed by atoms with E-state index in [-0.39, 0.29) is 5.84 Å². The predicted octanol–water partition coefficient (Wildman–Crippen LogP) is 2.85. The monoisotopic (exact) mass is 382 g/mol. The van der Waals surface area contributed by atoms with Crippen LogP contribution < -0.4 is 5.73 Å². The van der Waals surface area contributed by atoms with E-state index in [1.807, 2.05) is 47.2 Å². The summed E-state index contributed by atoms with van der Waals surface area (Å²) in [6.45, 7) is 0.542. The summed E-state index contributed by atoms with van der Waals surface area (Å²) in [6, 6.07) is 13.4. The molecule has 120 valence electrons. The number of amidine groups is 1. The first kappa shape index (κ1) is 16.1. The Morgan fingerprint density at radius 2 is 1.92 bits per heavy atom. The van der Waals surface area contributed by atoms with Gasteiger partial charge in [-0.25, -0.2) is 4.98 Å². The average molecular weight is 383 g/mol. The molecule has 1 aromatic carbocycles. The average Bonchev–Trinajstić information content (AvgIpc) is 3.13. The van der Waals surface area contributed by atoms with Crippen molar-refractivity contribution in [1.82, 2.24) is 14.5 Å². The quantitative estimate of drug-likeness (QED) is 0.418. The number of nitrogens with zero attached hydrogens (tertiary/aromatic N) is 5. The number of pyridine rings is 1. The van der Waals surface area contributed by atoms with Gasteiger partial charge < -0.3 is 10.3 Å². The first-order valence-electron chi connectivity index (χ1n) is 7.25. The van der Waals surface area contributed by atoms with Crippen molar-refractivity contribution in [2.24, 2.45) is 15.9 Å². The molecule has 0 radical (unpaired) electrons. The number of aromatic nitrogens is 3. The van der Waals surface area contributed by atoms with Gasteiger partial charge in [0.05, 0.1) is 18.6 Å². The van der Waals surface area contributed by atoms with Crippen LogP contribution in [0.4, 0.5) is 0 Å². The Hall–Kier alpha value is -2.80. The van der Waals surface area contributed by atoms with Crippen molar-refractivity contribution >= 4 is 27.5 Å². The fourth-order valence-electron chi connectivity index (χ4n) is 2.06. The number of halogens is 1. The second kappa shape index (κ2) is 7.65. The fraction of sp³-hybridized carbons (Fsp3) is 0.0588. The highest BCUT2D eigenvalue weighted by atomic mass is 79.9. The number of hydrogen-bond acceptors (Lipinski definition) is 4. The van der Waals surface area contributed by atoms with Crippen LogP contribution >= 0.6 is 15.9 Å². The molecule has 2 N–H and O–H groups in total. The Bertz CT molecular complexity index is 839.